The maximum Gasteiger partial charge on any atom is 0.220 e. The van der Waals surface area contributed by atoms with Crippen LogP contribution in [-0.4, -0.2) is 35.6 Å². The van der Waals surface area contributed by atoms with Crippen LogP contribution in [0.15, 0.2) is 72.9 Å². The average molecular weight is 434 g/mol. The molecule has 0 saturated carbocycles. The maximum absolute atomic E-state index is 12.3. The molecular formula is C25H24ClN3O2. The normalized spacial score (nSPS) is 11.0. The maximum atomic E-state index is 12.3. The molecule has 0 aliphatic heterocycles. The third-order valence-electron chi connectivity index (χ3n) is 5.16. The van der Waals surface area contributed by atoms with Crippen LogP contribution in [-0.2, 0) is 16.0 Å². The van der Waals surface area contributed by atoms with Crippen LogP contribution < -0.4 is 5.32 Å². The van der Waals surface area contributed by atoms with Crippen LogP contribution in [0.25, 0.3) is 28.0 Å². The molecule has 0 aliphatic rings. The number of benzene rings is 2. The highest BCUT2D eigenvalue weighted by Gasteiger charge is 2.16. The minimum Gasteiger partial charge on any atom is -0.383 e. The molecule has 4 aromatic rings. The van der Waals surface area contributed by atoms with Crippen LogP contribution >= 0.6 is 11.6 Å². The highest BCUT2D eigenvalue weighted by Crippen LogP contribution is 2.29. The highest BCUT2D eigenvalue weighted by atomic mass is 35.5. The van der Waals surface area contributed by atoms with Crippen molar-refractivity contribution in [3.8, 4) is 22.4 Å². The number of amides is 1. The van der Waals surface area contributed by atoms with Gasteiger partial charge in [-0.15, -0.1) is 0 Å². The van der Waals surface area contributed by atoms with Crippen molar-refractivity contribution in [3.05, 3.63) is 83.6 Å². The zero-order valence-electron chi connectivity index (χ0n) is 17.3. The number of aromatic nitrogens is 2. The van der Waals surface area contributed by atoms with Gasteiger partial charge in [0, 0.05) is 36.9 Å². The molecule has 0 aliphatic carbocycles. The third kappa shape index (κ3) is 4.95. The number of methoxy groups -OCH3 is 1. The van der Waals surface area contributed by atoms with E-state index in [1.54, 1.807) is 7.11 Å². The summed E-state index contributed by atoms with van der Waals surface area (Å²) in [4.78, 5) is 17.2. The van der Waals surface area contributed by atoms with E-state index < -0.39 is 0 Å². The van der Waals surface area contributed by atoms with Gasteiger partial charge < -0.3 is 14.5 Å². The molecule has 6 heteroatoms. The van der Waals surface area contributed by atoms with Gasteiger partial charge in [-0.2, -0.15) is 0 Å². The largest absolute Gasteiger partial charge is 0.383 e. The van der Waals surface area contributed by atoms with Crippen molar-refractivity contribution >= 4 is 23.2 Å². The summed E-state index contributed by atoms with van der Waals surface area (Å²) in [6, 6.07) is 22.0. The number of nitrogens with zero attached hydrogens (tertiary/aromatic N) is 2. The zero-order chi connectivity index (χ0) is 21.6. The first kappa shape index (κ1) is 21.1. The van der Waals surface area contributed by atoms with E-state index in [2.05, 4.69) is 34.1 Å². The van der Waals surface area contributed by atoms with E-state index in [1.165, 1.54) is 0 Å². The van der Waals surface area contributed by atoms with Gasteiger partial charge in [-0.05, 0) is 41.8 Å². The van der Waals surface area contributed by atoms with Crippen LogP contribution in [0.5, 0.6) is 0 Å². The molecule has 1 N–H and O–H groups in total. The van der Waals surface area contributed by atoms with E-state index in [0.29, 0.717) is 31.0 Å². The fourth-order valence-electron chi connectivity index (χ4n) is 3.59. The van der Waals surface area contributed by atoms with Crippen molar-refractivity contribution in [2.24, 2.45) is 0 Å². The summed E-state index contributed by atoms with van der Waals surface area (Å²) < 4.78 is 7.09. The Labute approximate surface area is 186 Å². The highest BCUT2D eigenvalue weighted by molar-refractivity contribution is 6.30. The minimum absolute atomic E-state index is 0.00623. The number of imidazole rings is 1. The van der Waals surface area contributed by atoms with Gasteiger partial charge in [0.1, 0.15) is 5.65 Å². The van der Waals surface area contributed by atoms with Crippen LogP contribution in [0.3, 0.4) is 0 Å². The zero-order valence-corrected chi connectivity index (χ0v) is 18.1. The quantitative estimate of drug-likeness (QED) is 0.397. The standard InChI is InChI=1S/C25H24ClN3O2/c1-31-16-15-27-24(30)14-12-22-25(19-7-10-21(26)11-8-19)28-23-13-9-20(17-29(22)23)18-5-3-2-4-6-18/h2-11,13,17H,12,14-16H2,1H3,(H,27,30). The molecule has 2 aromatic carbocycles. The second kappa shape index (κ2) is 9.77. The summed E-state index contributed by atoms with van der Waals surface area (Å²) in [5.41, 5.74) is 5.92. The second-order valence-corrected chi connectivity index (χ2v) is 7.71. The summed E-state index contributed by atoms with van der Waals surface area (Å²) in [5, 5.41) is 3.57. The van der Waals surface area contributed by atoms with Crippen molar-refractivity contribution in [2.45, 2.75) is 12.8 Å². The number of carbonyl (C=O) groups excluding carboxylic acids is 1. The number of ether oxygens (including phenoxy) is 1. The Bertz CT molecular complexity index is 1170. The Morgan fingerprint density at radius 3 is 2.48 bits per heavy atom. The lowest BCUT2D eigenvalue weighted by molar-refractivity contribution is -0.121. The number of halogens is 1. The fraction of sp³-hybridized carbons (Fsp3) is 0.200. The molecule has 31 heavy (non-hydrogen) atoms. The molecule has 2 heterocycles. The molecule has 1 amide bonds. The molecule has 0 spiro atoms. The fourth-order valence-corrected chi connectivity index (χ4v) is 3.71. The smallest absolute Gasteiger partial charge is 0.220 e. The summed E-state index contributed by atoms with van der Waals surface area (Å²) in [6.07, 6.45) is 3.03. The number of rotatable bonds is 8. The molecule has 2 aromatic heterocycles. The third-order valence-corrected chi connectivity index (χ3v) is 5.41. The first-order valence-electron chi connectivity index (χ1n) is 10.2. The number of hydrogen-bond acceptors (Lipinski definition) is 3. The Kier molecular flexibility index (Phi) is 6.65. The molecule has 0 fully saturated rings. The van der Waals surface area contributed by atoms with E-state index in [9.17, 15) is 4.79 Å². The number of aryl methyl sites for hydroxylation is 1. The van der Waals surface area contributed by atoms with Crippen LogP contribution in [0.1, 0.15) is 12.1 Å². The Morgan fingerprint density at radius 1 is 1.00 bits per heavy atom. The molecule has 0 atom stereocenters. The van der Waals surface area contributed by atoms with Crippen LogP contribution in [0.4, 0.5) is 0 Å². The lowest BCUT2D eigenvalue weighted by atomic mass is 10.1. The van der Waals surface area contributed by atoms with Gasteiger partial charge in [-0.25, -0.2) is 4.98 Å². The molecule has 0 radical (unpaired) electrons. The molecule has 0 saturated heterocycles. The predicted octanol–water partition coefficient (Wildman–Crippen LogP) is 5.02. The number of hydrogen-bond donors (Lipinski definition) is 1. The minimum atomic E-state index is -0.00623. The van der Waals surface area contributed by atoms with Crippen LogP contribution in [0.2, 0.25) is 5.02 Å². The van der Waals surface area contributed by atoms with Gasteiger partial charge in [0.2, 0.25) is 5.91 Å². The van der Waals surface area contributed by atoms with E-state index in [4.69, 9.17) is 21.3 Å². The van der Waals surface area contributed by atoms with E-state index in [1.807, 2.05) is 48.5 Å². The molecular weight excluding hydrogens is 410 g/mol. The summed E-state index contributed by atoms with van der Waals surface area (Å²) in [6.45, 7) is 1.00. The van der Waals surface area contributed by atoms with E-state index >= 15 is 0 Å². The number of fused-ring (bicyclic) bond motifs is 1. The lowest BCUT2D eigenvalue weighted by Gasteiger charge is -2.08. The lowest BCUT2D eigenvalue weighted by Crippen LogP contribution is -2.27. The first-order chi connectivity index (χ1) is 15.2. The Balaban J connectivity index is 1.72. The number of nitrogens with one attached hydrogen (secondary N) is 1. The van der Waals surface area contributed by atoms with E-state index in [-0.39, 0.29) is 5.91 Å². The summed E-state index contributed by atoms with van der Waals surface area (Å²) >= 11 is 6.08. The van der Waals surface area contributed by atoms with Gasteiger partial charge >= 0.3 is 0 Å². The van der Waals surface area contributed by atoms with Crippen molar-refractivity contribution in [3.63, 3.8) is 0 Å². The van der Waals surface area contributed by atoms with Crippen molar-refractivity contribution in [1.82, 2.24) is 14.7 Å². The van der Waals surface area contributed by atoms with Crippen molar-refractivity contribution in [2.75, 3.05) is 20.3 Å². The van der Waals surface area contributed by atoms with Gasteiger partial charge in [-0.3, -0.25) is 4.79 Å². The SMILES string of the molecule is COCCNC(=O)CCc1c(-c2ccc(Cl)cc2)nc2ccc(-c3ccccc3)cn12. The number of carbonyl (C=O) groups is 1. The summed E-state index contributed by atoms with van der Waals surface area (Å²) in [5.74, 6) is -0.00623. The molecule has 0 bridgehead atoms. The summed E-state index contributed by atoms with van der Waals surface area (Å²) in [7, 11) is 1.62. The average Bonchev–Trinajstić information content (AvgIpc) is 3.16. The van der Waals surface area contributed by atoms with Crippen LogP contribution in [0, 0.1) is 0 Å². The van der Waals surface area contributed by atoms with Crippen molar-refractivity contribution in [1.29, 1.82) is 0 Å². The molecule has 4 rings (SSSR count). The molecule has 158 valence electrons. The van der Waals surface area contributed by atoms with E-state index in [0.717, 1.165) is 33.7 Å². The number of pyridine rings is 1. The monoisotopic (exact) mass is 433 g/mol. The van der Waals surface area contributed by atoms with Crippen molar-refractivity contribution < 1.29 is 9.53 Å². The topological polar surface area (TPSA) is 55.6 Å². The van der Waals surface area contributed by atoms with Gasteiger partial charge in [0.05, 0.1) is 18.0 Å². The van der Waals surface area contributed by atoms with Gasteiger partial charge in [0.15, 0.2) is 0 Å². The second-order valence-electron chi connectivity index (χ2n) is 7.27. The Morgan fingerprint density at radius 2 is 1.74 bits per heavy atom. The first-order valence-corrected chi connectivity index (χ1v) is 10.6. The van der Waals surface area contributed by atoms with Gasteiger partial charge in [0.25, 0.3) is 0 Å². The Hall–Kier alpha value is -3.15. The molecule has 5 nitrogen and oxygen atoms in total. The van der Waals surface area contributed by atoms with Gasteiger partial charge in [-0.1, -0.05) is 54.1 Å². The predicted molar refractivity (Wildman–Crippen MR) is 124 cm³/mol. The molecule has 0 unspecified atom stereocenters.